The fraction of sp³-hybridized carbons (Fsp3) is 0.846. The zero-order valence-corrected chi connectivity index (χ0v) is 12.5. The summed E-state index contributed by atoms with van der Waals surface area (Å²) in [7, 11) is -0.943. The van der Waals surface area contributed by atoms with Crippen molar-refractivity contribution in [1.82, 2.24) is 0 Å². The molecule has 2 nitrogen and oxygen atoms in total. The molecule has 1 atom stereocenters. The molecule has 3 heteroatoms. The third kappa shape index (κ3) is 3.72. The maximum atomic E-state index is 9.38. The van der Waals surface area contributed by atoms with E-state index < -0.39 is 9.04 Å². The van der Waals surface area contributed by atoms with E-state index in [4.69, 9.17) is 4.43 Å². The van der Waals surface area contributed by atoms with Crippen LogP contribution >= 0.6 is 0 Å². The molecule has 1 aliphatic carbocycles. The van der Waals surface area contributed by atoms with Gasteiger partial charge >= 0.3 is 0 Å². The van der Waals surface area contributed by atoms with Crippen molar-refractivity contribution < 1.29 is 9.53 Å². The predicted octanol–water partition coefficient (Wildman–Crippen LogP) is 2.73. The summed E-state index contributed by atoms with van der Waals surface area (Å²) in [6.07, 6.45) is 2.17. The van der Waals surface area contributed by atoms with Crippen LogP contribution in [0.2, 0.25) is 13.1 Å². The van der Waals surface area contributed by atoms with Crippen LogP contribution in [-0.2, 0) is 4.43 Å². The Bertz CT molecular complexity index is 264. The van der Waals surface area contributed by atoms with Crippen molar-refractivity contribution in [3.8, 4) is 0 Å². The third-order valence-corrected chi connectivity index (χ3v) is 4.33. The lowest BCUT2D eigenvalue weighted by Gasteiger charge is -2.27. The van der Waals surface area contributed by atoms with Crippen LogP contribution in [0.5, 0.6) is 0 Å². The Morgan fingerprint density at radius 2 is 1.81 bits per heavy atom. The van der Waals surface area contributed by atoms with E-state index in [1.165, 1.54) is 11.1 Å². The van der Waals surface area contributed by atoms with Gasteiger partial charge in [0, 0.05) is 0 Å². The highest BCUT2D eigenvalue weighted by atomic mass is 28.3. The third-order valence-electron chi connectivity index (χ3n) is 3.49. The Hall–Kier alpha value is -0.123. The van der Waals surface area contributed by atoms with E-state index in [2.05, 4.69) is 33.9 Å². The highest BCUT2D eigenvalue weighted by molar-refractivity contribution is 6.48. The maximum absolute atomic E-state index is 9.38. The second-order valence-electron chi connectivity index (χ2n) is 6.20. The topological polar surface area (TPSA) is 29.5 Å². The summed E-state index contributed by atoms with van der Waals surface area (Å²) in [6, 6.07) is 0. The molecular formula is C13H26O2Si. The minimum atomic E-state index is -0.943. The number of aliphatic hydroxyl groups is 1. The summed E-state index contributed by atoms with van der Waals surface area (Å²) in [5.74, 6) is 0.669. The quantitative estimate of drug-likeness (QED) is 0.607. The molecule has 0 saturated heterocycles. The largest absolute Gasteiger partial charge is 0.417 e. The van der Waals surface area contributed by atoms with Gasteiger partial charge in [0.05, 0.1) is 13.2 Å². The molecule has 0 aliphatic heterocycles. The van der Waals surface area contributed by atoms with Gasteiger partial charge in [-0.15, -0.1) is 0 Å². The van der Waals surface area contributed by atoms with Gasteiger partial charge in [0.15, 0.2) is 9.04 Å². The van der Waals surface area contributed by atoms with E-state index in [-0.39, 0.29) is 6.61 Å². The van der Waals surface area contributed by atoms with Crippen LogP contribution in [0, 0.1) is 11.3 Å². The fourth-order valence-corrected chi connectivity index (χ4v) is 2.71. The molecule has 0 aromatic carbocycles. The Morgan fingerprint density at radius 3 is 2.25 bits per heavy atom. The predicted molar refractivity (Wildman–Crippen MR) is 71.1 cm³/mol. The molecule has 1 unspecified atom stereocenters. The Balaban J connectivity index is 2.60. The normalized spacial score (nSPS) is 22.3. The van der Waals surface area contributed by atoms with Crippen molar-refractivity contribution in [1.29, 1.82) is 0 Å². The van der Waals surface area contributed by atoms with Crippen molar-refractivity contribution in [3.63, 3.8) is 0 Å². The molecule has 0 aromatic rings. The lowest BCUT2D eigenvalue weighted by molar-refractivity contribution is 0.239. The van der Waals surface area contributed by atoms with Crippen molar-refractivity contribution in [3.05, 3.63) is 11.1 Å². The van der Waals surface area contributed by atoms with Gasteiger partial charge in [-0.1, -0.05) is 20.8 Å². The van der Waals surface area contributed by atoms with Crippen LogP contribution in [-0.4, -0.2) is 27.4 Å². The first-order chi connectivity index (χ1) is 7.34. The second kappa shape index (κ2) is 5.47. The van der Waals surface area contributed by atoms with Gasteiger partial charge in [-0.25, -0.2) is 0 Å². The van der Waals surface area contributed by atoms with Crippen molar-refractivity contribution >= 4 is 9.04 Å². The zero-order chi connectivity index (χ0) is 12.3. The number of hydrogen-bond donors (Lipinski definition) is 1. The lowest BCUT2D eigenvalue weighted by atomic mass is 9.78. The molecule has 0 spiro atoms. The minimum absolute atomic E-state index is 0.213. The SMILES string of the molecule is C[SiH](C)OCC1=C(CO)CC(C(C)(C)C)C1. The Morgan fingerprint density at radius 1 is 1.25 bits per heavy atom. The van der Waals surface area contributed by atoms with Crippen LogP contribution in [0.3, 0.4) is 0 Å². The van der Waals surface area contributed by atoms with E-state index in [9.17, 15) is 5.11 Å². The summed E-state index contributed by atoms with van der Waals surface area (Å²) in [5.41, 5.74) is 2.93. The highest BCUT2D eigenvalue weighted by Crippen LogP contribution is 2.42. The van der Waals surface area contributed by atoms with Gasteiger partial charge in [-0.05, 0) is 48.4 Å². The van der Waals surface area contributed by atoms with Gasteiger partial charge < -0.3 is 9.53 Å². The molecular weight excluding hydrogens is 216 g/mol. The van der Waals surface area contributed by atoms with Gasteiger partial charge in [0.1, 0.15) is 0 Å². The number of aliphatic hydroxyl groups excluding tert-OH is 1. The molecule has 1 N–H and O–H groups in total. The minimum Gasteiger partial charge on any atom is -0.417 e. The van der Waals surface area contributed by atoms with E-state index in [0.717, 1.165) is 19.4 Å². The summed E-state index contributed by atoms with van der Waals surface area (Å²) in [6.45, 7) is 12.2. The molecule has 0 heterocycles. The highest BCUT2D eigenvalue weighted by Gasteiger charge is 2.32. The first-order valence-electron chi connectivity index (χ1n) is 6.26. The number of rotatable bonds is 4. The van der Waals surface area contributed by atoms with E-state index in [1.54, 1.807) is 0 Å². The molecule has 0 saturated carbocycles. The van der Waals surface area contributed by atoms with E-state index >= 15 is 0 Å². The summed E-state index contributed by atoms with van der Waals surface area (Å²) in [5, 5.41) is 9.38. The van der Waals surface area contributed by atoms with Crippen molar-refractivity contribution in [2.45, 2.75) is 46.7 Å². The molecule has 94 valence electrons. The first-order valence-corrected chi connectivity index (χ1v) is 9.05. The molecule has 0 aromatic heterocycles. The summed E-state index contributed by atoms with van der Waals surface area (Å²) >= 11 is 0. The van der Waals surface area contributed by atoms with Gasteiger partial charge in [0.2, 0.25) is 0 Å². The van der Waals surface area contributed by atoms with Crippen molar-refractivity contribution in [2.24, 2.45) is 11.3 Å². The van der Waals surface area contributed by atoms with Crippen LogP contribution in [0.4, 0.5) is 0 Å². The zero-order valence-electron chi connectivity index (χ0n) is 11.3. The number of hydrogen-bond acceptors (Lipinski definition) is 2. The molecule has 0 bridgehead atoms. The van der Waals surface area contributed by atoms with Crippen LogP contribution in [0.1, 0.15) is 33.6 Å². The molecule has 0 radical (unpaired) electrons. The second-order valence-corrected chi connectivity index (χ2v) is 8.63. The van der Waals surface area contributed by atoms with Crippen LogP contribution in [0.15, 0.2) is 11.1 Å². The standard InChI is InChI=1S/C13H26O2Si/c1-13(2,3)12-6-10(8-14)11(7-12)9-15-16(4)5/h12,14,16H,6-9H2,1-5H3. The van der Waals surface area contributed by atoms with Gasteiger partial charge in [0.25, 0.3) is 0 Å². The molecule has 1 rings (SSSR count). The average molecular weight is 242 g/mol. The van der Waals surface area contributed by atoms with Crippen LogP contribution in [0.25, 0.3) is 0 Å². The molecule has 0 fully saturated rings. The van der Waals surface area contributed by atoms with Gasteiger partial charge in [-0.2, -0.15) is 0 Å². The van der Waals surface area contributed by atoms with E-state index in [0.29, 0.717) is 11.3 Å². The molecule has 0 amide bonds. The van der Waals surface area contributed by atoms with Gasteiger partial charge in [-0.3, -0.25) is 0 Å². The fourth-order valence-electron chi connectivity index (χ4n) is 2.17. The lowest BCUT2D eigenvalue weighted by Crippen LogP contribution is -2.18. The van der Waals surface area contributed by atoms with Crippen LogP contribution < -0.4 is 0 Å². The van der Waals surface area contributed by atoms with Crippen molar-refractivity contribution in [2.75, 3.05) is 13.2 Å². The average Bonchev–Trinajstić information content (AvgIpc) is 2.56. The first kappa shape index (κ1) is 13.9. The molecule has 1 aliphatic rings. The Labute approximate surface area is 101 Å². The summed E-state index contributed by atoms with van der Waals surface area (Å²) < 4.78 is 5.79. The monoisotopic (exact) mass is 242 g/mol. The smallest absolute Gasteiger partial charge is 0.171 e. The molecule has 16 heavy (non-hydrogen) atoms. The van der Waals surface area contributed by atoms with E-state index in [1.807, 2.05) is 0 Å². The summed E-state index contributed by atoms with van der Waals surface area (Å²) in [4.78, 5) is 0. The Kier molecular flexibility index (Phi) is 4.77. The maximum Gasteiger partial charge on any atom is 0.171 e.